The van der Waals surface area contributed by atoms with E-state index in [0.29, 0.717) is 5.56 Å². The number of carbonyl (C=O) groups excluding carboxylic acids is 1. The maximum atomic E-state index is 12.8. The number of benzene rings is 2. The van der Waals surface area contributed by atoms with Crippen molar-refractivity contribution in [2.45, 2.75) is 38.9 Å². The van der Waals surface area contributed by atoms with Crippen LogP contribution in [0.3, 0.4) is 0 Å². The van der Waals surface area contributed by atoms with Gasteiger partial charge in [-0.05, 0) is 45.9 Å². The molecule has 1 amide bonds. The second kappa shape index (κ2) is 8.06. The molecule has 0 saturated carbocycles. The molecule has 2 aromatic carbocycles. The highest BCUT2D eigenvalue weighted by Gasteiger charge is 2.37. The fourth-order valence-electron chi connectivity index (χ4n) is 2.31. The molecule has 0 fully saturated rings. The van der Waals surface area contributed by atoms with Gasteiger partial charge in [-0.3, -0.25) is 4.79 Å². The lowest BCUT2D eigenvalue weighted by Gasteiger charge is -2.40. The molecule has 0 aliphatic carbocycles. The highest BCUT2D eigenvalue weighted by Crippen LogP contribution is 2.27. The molecule has 137 valence electrons. The van der Waals surface area contributed by atoms with Crippen molar-refractivity contribution in [3.63, 3.8) is 0 Å². The van der Waals surface area contributed by atoms with Crippen LogP contribution in [0.4, 0.5) is 5.69 Å². The second-order valence-electron chi connectivity index (χ2n) is 7.29. The number of para-hydroxylation sites is 1. The quantitative estimate of drug-likeness (QED) is 0.717. The molecule has 26 heavy (non-hydrogen) atoms. The Labute approximate surface area is 157 Å². The van der Waals surface area contributed by atoms with Crippen molar-refractivity contribution >= 4 is 24.5 Å². The Bertz CT molecular complexity index is 744. The molecule has 0 bridgehead atoms. The fraction of sp³-hybridized carbons (Fsp3) is 0.381. The third-order valence-electron chi connectivity index (χ3n) is 5.03. The highest BCUT2D eigenvalue weighted by molar-refractivity contribution is 6.47. The van der Waals surface area contributed by atoms with Crippen LogP contribution in [0.15, 0.2) is 54.6 Å². The molecular formula is C21H27BNO3. The second-order valence-corrected chi connectivity index (χ2v) is 7.29. The van der Waals surface area contributed by atoms with Crippen molar-refractivity contribution in [2.75, 3.05) is 19.1 Å². The zero-order valence-corrected chi connectivity index (χ0v) is 16.4. The number of methoxy groups -OCH3 is 1. The summed E-state index contributed by atoms with van der Waals surface area (Å²) < 4.78 is 11.5. The first-order valence-corrected chi connectivity index (χ1v) is 8.67. The molecule has 0 unspecified atom stereocenters. The largest absolute Gasteiger partial charge is 0.427 e. The van der Waals surface area contributed by atoms with Crippen molar-refractivity contribution < 1.29 is 14.2 Å². The van der Waals surface area contributed by atoms with Gasteiger partial charge in [-0.2, -0.15) is 0 Å². The fourth-order valence-corrected chi connectivity index (χ4v) is 2.31. The summed E-state index contributed by atoms with van der Waals surface area (Å²) in [5.74, 6) is -0.0667. The van der Waals surface area contributed by atoms with E-state index in [9.17, 15) is 4.79 Å². The number of hydrogen-bond donors (Lipinski definition) is 0. The molecule has 4 nitrogen and oxygen atoms in total. The minimum atomic E-state index is -0.525. The maximum absolute atomic E-state index is 12.8. The van der Waals surface area contributed by atoms with Crippen LogP contribution in [0.25, 0.3) is 0 Å². The number of rotatable bonds is 7. The lowest BCUT2D eigenvalue weighted by Crippen LogP contribution is -2.50. The summed E-state index contributed by atoms with van der Waals surface area (Å²) in [5, 5.41) is 0. The van der Waals surface area contributed by atoms with E-state index in [4.69, 9.17) is 9.39 Å². The van der Waals surface area contributed by atoms with E-state index >= 15 is 0 Å². The van der Waals surface area contributed by atoms with Gasteiger partial charge in [-0.15, -0.1) is 0 Å². The van der Waals surface area contributed by atoms with E-state index in [1.54, 1.807) is 26.5 Å². The standard InChI is InChI=1S/C21H27BNO3/c1-20(2,25-6)21(3,4)26-22-17-12-10-11-16(15-17)19(24)23(5)18-13-8-7-9-14-18/h7-15H,1-6H3. The van der Waals surface area contributed by atoms with Gasteiger partial charge >= 0.3 is 7.48 Å². The molecule has 2 rings (SSSR count). The van der Waals surface area contributed by atoms with E-state index in [1.165, 1.54) is 0 Å². The molecular weight excluding hydrogens is 325 g/mol. The third kappa shape index (κ3) is 4.54. The van der Waals surface area contributed by atoms with Crippen molar-refractivity contribution in [1.82, 2.24) is 0 Å². The summed E-state index contributed by atoms with van der Waals surface area (Å²) in [5.41, 5.74) is 1.31. The van der Waals surface area contributed by atoms with Crippen LogP contribution >= 0.6 is 0 Å². The molecule has 5 heteroatoms. The van der Waals surface area contributed by atoms with Crippen molar-refractivity contribution in [3.8, 4) is 0 Å². The van der Waals surface area contributed by atoms with Gasteiger partial charge in [0, 0.05) is 25.4 Å². The van der Waals surface area contributed by atoms with Gasteiger partial charge in [0.25, 0.3) is 5.91 Å². The SMILES string of the molecule is COC(C)(C)C(C)(C)O[B]c1cccc(C(=O)N(C)c2ccccc2)c1. The van der Waals surface area contributed by atoms with Gasteiger partial charge in [0.1, 0.15) is 0 Å². The third-order valence-corrected chi connectivity index (χ3v) is 5.03. The van der Waals surface area contributed by atoms with Gasteiger partial charge in [-0.1, -0.05) is 41.9 Å². The van der Waals surface area contributed by atoms with E-state index in [1.807, 2.05) is 82.3 Å². The summed E-state index contributed by atoms with van der Waals surface area (Å²) >= 11 is 0. The first-order valence-electron chi connectivity index (χ1n) is 8.67. The van der Waals surface area contributed by atoms with Crippen LogP contribution in [0.5, 0.6) is 0 Å². The topological polar surface area (TPSA) is 38.8 Å². The normalized spacial score (nSPS) is 11.9. The molecule has 2 aromatic rings. The molecule has 0 N–H and O–H groups in total. The van der Waals surface area contributed by atoms with Crippen LogP contribution in [0.2, 0.25) is 0 Å². The van der Waals surface area contributed by atoms with E-state index in [0.717, 1.165) is 11.2 Å². The predicted molar refractivity (Wildman–Crippen MR) is 107 cm³/mol. The zero-order valence-electron chi connectivity index (χ0n) is 16.4. The molecule has 0 atom stereocenters. The summed E-state index contributed by atoms with van der Waals surface area (Å²) in [6.45, 7) is 7.92. The number of nitrogens with zero attached hydrogens (tertiary/aromatic N) is 1. The van der Waals surface area contributed by atoms with E-state index in [-0.39, 0.29) is 5.91 Å². The Hall–Kier alpha value is -2.11. The Morgan fingerprint density at radius 3 is 2.23 bits per heavy atom. The minimum Gasteiger partial charge on any atom is -0.427 e. The Kier molecular flexibility index (Phi) is 6.27. The molecule has 0 saturated heterocycles. The molecule has 0 aliphatic rings. The maximum Gasteiger partial charge on any atom is 0.330 e. The average Bonchev–Trinajstić information content (AvgIpc) is 2.66. The summed E-state index contributed by atoms with van der Waals surface area (Å²) in [4.78, 5) is 14.4. The molecule has 0 spiro atoms. The monoisotopic (exact) mass is 352 g/mol. The molecule has 0 heterocycles. The number of carbonyl (C=O) groups is 1. The summed E-state index contributed by atoms with van der Waals surface area (Å²) in [7, 11) is 5.12. The lowest BCUT2D eigenvalue weighted by atomic mass is 9.82. The van der Waals surface area contributed by atoms with Gasteiger partial charge in [-0.25, -0.2) is 0 Å². The van der Waals surface area contributed by atoms with Crippen molar-refractivity contribution in [2.24, 2.45) is 0 Å². The van der Waals surface area contributed by atoms with Gasteiger partial charge in [0.05, 0.1) is 11.2 Å². The predicted octanol–water partition coefficient (Wildman–Crippen LogP) is 3.43. The summed E-state index contributed by atoms with van der Waals surface area (Å²) in [6.07, 6.45) is 0. The Morgan fingerprint density at radius 1 is 0.962 bits per heavy atom. The molecule has 0 aliphatic heterocycles. The van der Waals surface area contributed by atoms with Gasteiger partial charge < -0.3 is 14.3 Å². The van der Waals surface area contributed by atoms with Crippen molar-refractivity contribution in [1.29, 1.82) is 0 Å². The number of anilines is 1. The van der Waals surface area contributed by atoms with Gasteiger partial charge in [0.2, 0.25) is 0 Å². The van der Waals surface area contributed by atoms with Crippen LogP contribution in [0.1, 0.15) is 38.1 Å². The Morgan fingerprint density at radius 2 is 1.62 bits per heavy atom. The zero-order chi connectivity index (χ0) is 19.4. The minimum absolute atomic E-state index is 0.0667. The highest BCUT2D eigenvalue weighted by atomic mass is 16.5. The first-order chi connectivity index (χ1) is 12.2. The smallest absolute Gasteiger partial charge is 0.330 e. The first kappa shape index (κ1) is 20.2. The Balaban J connectivity index is 2.12. The van der Waals surface area contributed by atoms with Gasteiger partial charge in [0.15, 0.2) is 0 Å². The lowest BCUT2D eigenvalue weighted by molar-refractivity contribution is -0.114. The van der Waals surface area contributed by atoms with E-state index < -0.39 is 11.2 Å². The van der Waals surface area contributed by atoms with Crippen LogP contribution in [0, 0.1) is 0 Å². The van der Waals surface area contributed by atoms with Crippen LogP contribution in [-0.2, 0) is 9.39 Å². The number of ether oxygens (including phenoxy) is 1. The van der Waals surface area contributed by atoms with Crippen LogP contribution in [-0.4, -0.2) is 38.7 Å². The molecule has 0 aromatic heterocycles. The summed E-state index contributed by atoms with van der Waals surface area (Å²) in [6, 6.07) is 17.0. The number of hydrogen-bond acceptors (Lipinski definition) is 3. The van der Waals surface area contributed by atoms with E-state index in [2.05, 4.69) is 0 Å². The molecule has 1 radical (unpaired) electrons. The number of amides is 1. The average molecular weight is 352 g/mol. The van der Waals surface area contributed by atoms with Crippen LogP contribution < -0.4 is 10.4 Å². The van der Waals surface area contributed by atoms with Crippen molar-refractivity contribution in [3.05, 3.63) is 60.2 Å².